The maximum Gasteiger partial charge on any atom is -0.0443 e. The summed E-state index contributed by atoms with van der Waals surface area (Å²) in [5.41, 5.74) is 0. The van der Waals surface area contributed by atoms with Gasteiger partial charge in [-0.25, -0.2) is 0 Å². The van der Waals surface area contributed by atoms with Crippen LogP contribution < -0.4 is 0 Å². The molecule has 2 atom stereocenters. The normalized spacial score (nSPS) is 13.5. The van der Waals surface area contributed by atoms with Gasteiger partial charge in [0.25, 0.3) is 0 Å². The van der Waals surface area contributed by atoms with E-state index in [0.29, 0.717) is 0 Å². The van der Waals surface area contributed by atoms with E-state index in [1.165, 1.54) is 173 Å². The highest BCUT2D eigenvalue weighted by atomic mass is 14.1. The lowest BCUT2D eigenvalue weighted by Gasteiger charge is -2.12. The molecule has 0 N–H and O–H groups in total. The van der Waals surface area contributed by atoms with E-state index in [0.717, 1.165) is 17.8 Å². The minimum absolute atomic E-state index is 0.884. The van der Waals surface area contributed by atoms with Gasteiger partial charge >= 0.3 is 0 Å². The number of hydrogen-bond donors (Lipinski definition) is 0. The molecule has 2 unspecified atom stereocenters. The molecule has 35 heavy (non-hydrogen) atoms. The molecule has 0 aromatic rings. The van der Waals surface area contributed by atoms with Crippen LogP contribution in [0.3, 0.4) is 0 Å². The van der Waals surface area contributed by atoms with Crippen LogP contribution in [0, 0.1) is 17.8 Å². The molecule has 0 amide bonds. The van der Waals surface area contributed by atoms with Crippen LogP contribution in [-0.2, 0) is 0 Å². The smallest absolute Gasteiger partial charge is 0.0443 e. The first-order valence-corrected chi connectivity index (χ1v) is 17.1. The van der Waals surface area contributed by atoms with Crippen LogP contribution in [0.4, 0.5) is 0 Å². The van der Waals surface area contributed by atoms with Crippen molar-refractivity contribution in [1.82, 2.24) is 0 Å². The summed E-state index contributed by atoms with van der Waals surface area (Å²) in [6.07, 6.45) is 39.7. The molecule has 0 saturated heterocycles. The van der Waals surface area contributed by atoms with E-state index in [4.69, 9.17) is 0 Å². The Kier molecular flexibility index (Phi) is 28.6. The van der Waals surface area contributed by atoms with Gasteiger partial charge in [0.2, 0.25) is 0 Å². The number of rotatable bonds is 29. The van der Waals surface area contributed by atoms with Crippen molar-refractivity contribution in [2.24, 2.45) is 17.8 Å². The Morgan fingerprint density at radius 3 is 0.829 bits per heavy atom. The van der Waals surface area contributed by atoms with Crippen molar-refractivity contribution in [3.8, 4) is 0 Å². The van der Waals surface area contributed by atoms with Gasteiger partial charge in [-0.3, -0.25) is 0 Å². The van der Waals surface area contributed by atoms with E-state index in [2.05, 4.69) is 34.6 Å². The van der Waals surface area contributed by atoms with E-state index < -0.39 is 0 Å². The molecule has 0 nitrogen and oxygen atoms in total. The van der Waals surface area contributed by atoms with Crippen LogP contribution in [0.5, 0.6) is 0 Å². The molecule has 0 heterocycles. The maximum absolute atomic E-state index is 2.50. The Morgan fingerprint density at radius 2 is 0.543 bits per heavy atom. The number of unbranched alkanes of at least 4 members (excludes halogenated alkanes) is 19. The molecular weight excluding hydrogens is 420 g/mol. The summed E-state index contributed by atoms with van der Waals surface area (Å²) in [5, 5.41) is 0. The van der Waals surface area contributed by atoms with Gasteiger partial charge in [-0.1, -0.05) is 208 Å². The van der Waals surface area contributed by atoms with Crippen molar-refractivity contribution in [3.63, 3.8) is 0 Å². The monoisotopic (exact) mass is 493 g/mol. The third kappa shape index (κ3) is 30.1. The highest BCUT2D eigenvalue weighted by Crippen LogP contribution is 2.20. The average molecular weight is 493 g/mol. The predicted molar refractivity (Wildman–Crippen MR) is 163 cm³/mol. The second-order valence-corrected chi connectivity index (χ2v) is 13.0. The van der Waals surface area contributed by atoms with Crippen LogP contribution in [0.25, 0.3) is 0 Å². The molecule has 0 aromatic heterocycles. The van der Waals surface area contributed by atoms with E-state index in [9.17, 15) is 0 Å². The van der Waals surface area contributed by atoms with E-state index in [1.54, 1.807) is 0 Å². The van der Waals surface area contributed by atoms with Crippen molar-refractivity contribution >= 4 is 0 Å². The summed E-state index contributed by atoms with van der Waals surface area (Å²) in [6.45, 7) is 12.0. The van der Waals surface area contributed by atoms with Gasteiger partial charge in [-0.15, -0.1) is 0 Å². The second-order valence-electron chi connectivity index (χ2n) is 13.0. The molecule has 0 saturated carbocycles. The molecule has 0 aromatic carbocycles. The van der Waals surface area contributed by atoms with Gasteiger partial charge in [0, 0.05) is 0 Å². The SMILES string of the molecule is CCCCCCCCCCC(C)CCCCCCCCCCCCCCCC(C)CCCC(C)C. The van der Waals surface area contributed by atoms with Crippen LogP contribution in [-0.4, -0.2) is 0 Å². The molecule has 0 spiro atoms. The van der Waals surface area contributed by atoms with Crippen molar-refractivity contribution in [1.29, 1.82) is 0 Å². The first-order chi connectivity index (χ1) is 17.1. The van der Waals surface area contributed by atoms with Crippen molar-refractivity contribution in [2.45, 2.75) is 208 Å². The standard InChI is InChI=1S/C35H72/c1-6-7-8-9-10-18-21-24-29-34(4)30-25-22-19-16-14-12-11-13-15-17-20-23-26-31-35(5)32-27-28-33(2)3/h33-35H,6-32H2,1-5H3. The molecule has 0 aliphatic rings. The predicted octanol–water partition coefficient (Wildman–Crippen LogP) is 13.5. The lowest BCUT2D eigenvalue weighted by atomic mass is 9.95. The van der Waals surface area contributed by atoms with Gasteiger partial charge < -0.3 is 0 Å². The van der Waals surface area contributed by atoms with Gasteiger partial charge in [-0.05, 0) is 17.8 Å². The summed E-state index contributed by atoms with van der Waals surface area (Å²) in [4.78, 5) is 0. The molecule has 0 radical (unpaired) electrons. The fraction of sp³-hybridized carbons (Fsp3) is 1.00. The highest BCUT2D eigenvalue weighted by molar-refractivity contribution is 4.58. The summed E-state index contributed by atoms with van der Waals surface area (Å²) >= 11 is 0. The Morgan fingerprint density at radius 1 is 0.286 bits per heavy atom. The average Bonchev–Trinajstić information content (AvgIpc) is 2.83. The first kappa shape index (κ1) is 35.0. The fourth-order valence-corrected chi connectivity index (χ4v) is 5.72. The first-order valence-electron chi connectivity index (χ1n) is 17.1. The van der Waals surface area contributed by atoms with Crippen LogP contribution in [0.15, 0.2) is 0 Å². The molecule has 0 aliphatic carbocycles. The third-order valence-electron chi connectivity index (χ3n) is 8.42. The Hall–Kier alpha value is 0. The zero-order valence-corrected chi connectivity index (χ0v) is 25.8. The van der Waals surface area contributed by atoms with Gasteiger partial charge in [-0.2, -0.15) is 0 Å². The molecule has 0 rings (SSSR count). The minimum Gasteiger partial charge on any atom is -0.0654 e. The zero-order chi connectivity index (χ0) is 25.8. The van der Waals surface area contributed by atoms with Crippen LogP contribution in [0.1, 0.15) is 208 Å². The molecule has 212 valence electrons. The molecular formula is C35H72. The van der Waals surface area contributed by atoms with Crippen molar-refractivity contribution in [2.75, 3.05) is 0 Å². The van der Waals surface area contributed by atoms with E-state index >= 15 is 0 Å². The lowest BCUT2D eigenvalue weighted by Crippen LogP contribution is -1.96. The summed E-state index contributed by atoms with van der Waals surface area (Å²) < 4.78 is 0. The Bertz CT molecular complexity index is 370. The topological polar surface area (TPSA) is 0 Å². The zero-order valence-electron chi connectivity index (χ0n) is 25.8. The molecule has 0 fully saturated rings. The van der Waals surface area contributed by atoms with Gasteiger partial charge in [0.05, 0.1) is 0 Å². The molecule has 0 heteroatoms. The van der Waals surface area contributed by atoms with Crippen LogP contribution >= 0.6 is 0 Å². The van der Waals surface area contributed by atoms with Gasteiger partial charge in [0.1, 0.15) is 0 Å². The van der Waals surface area contributed by atoms with Crippen molar-refractivity contribution in [3.05, 3.63) is 0 Å². The highest BCUT2D eigenvalue weighted by Gasteiger charge is 2.04. The van der Waals surface area contributed by atoms with Crippen molar-refractivity contribution < 1.29 is 0 Å². The summed E-state index contributed by atoms with van der Waals surface area (Å²) in [6, 6.07) is 0. The van der Waals surface area contributed by atoms with E-state index in [-0.39, 0.29) is 0 Å². The summed E-state index contributed by atoms with van der Waals surface area (Å²) in [5.74, 6) is 2.81. The molecule has 0 bridgehead atoms. The lowest BCUT2D eigenvalue weighted by molar-refractivity contribution is 0.417. The third-order valence-corrected chi connectivity index (χ3v) is 8.42. The summed E-state index contributed by atoms with van der Waals surface area (Å²) in [7, 11) is 0. The second kappa shape index (κ2) is 28.6. The fourth-order valence-electron chi connectivity index (χ4n) is 5.72. The van der Waals surface area contributed by atoms with E-state index in [1.807, 2.05) is 0 Å². The van der Waals surface area contributed by atoms with Gasteiger partial charge in [0.15, 0.2) is 0 Å². The largest absolute Gasteiger partial charge is 0.0654 e. The minimum atomic E-state index is 0.884. The molecule has 0 aliphatic heterocycles. The Labute approximate surface area is 225 Å². The maximum atomic E-state index is 2.50. The Balaban J connectivity index is 3.18. The quantitative estimate of drug-likeness (QED) is 0.0910. The van der Waals surface area contributed by atoms with Crippen LogP contribution in [0.2, 0.25) is 0 Å². The number of hydrogen-bond acceptors (Lipinski definition) is 0.